The summed E-state index contributed by atoms with van der Waals surface area (Å²) in [5.41, 5.74) is 0.0331. The van der Waals surface area contributed by atoms with Crippen molar-refractivity contribution in [3.63, 3.8) is 0 Å². The minimum atomic E-state index is -0.928. The molecule has 0 aliphatic heterocycles. The number of carbonyl (C=O) groups excluding carboxylic acids is 1. The molecular formula is C11H19NO3. The molecule has 1 unspecified atom stereocenters. The van der Waals surface area contributed by atoms with Crippen LogP contribution in [-0.4, -0.2) is 22.5 Å². The van der Waals surface area contributed by atoms with E-state index in [1.54, 1.807) is 27.7 Å². The minimum Gasteiger partial charge on any atom is -0.481 e. The fourth-order valence-corrected chi connectivity index (χ4v) is 1.09. The van der Waals surface area contributed by atoms with Crippen LogP contribution < -0.4 is 5.32 Å². The summed E-state index contributed by atoms with van der Waals surface area (Å²) in [6.07, 6.45) is -0.0956. The van der Waals surface area contributed by atoms with E-state index in [1.807, 2.05) is 0 Å². The van der Waals surface area contributed by atoms with E-state index in [2.05, 4.69) is 11.9 Å². The molecule has 0 radical (unpaired) electrons. The van der Waals surface area contributed by atoms with E-state index in [-0.39, 0.29) is 18.2 Å². The van der Waals surface area contributed by atoms with Gasteiger partial charge in [0.1, 0.15) is 0 Å². The molecule has 0 bridgehead atoms. The summed E-state index contributed by atoms with van der Waals surface area (Å²) in [6, 6.07) is 0. The lowest BCUT2D eigenvalue weighted by molar-refractivity contribution is -0.138. The Bertz CT molecular complexity index is 282. The first-order chi connectivity index (χ1) is 6.65. The molecule has 0 saturated carbocycles. The van der Waals surface area contributed by atoms with Crippen LogP contribution in [0.1, 0.15) is 34.1 Å². The maximum atomic E-state index is 11.6. The van der Waals surface area contributed by atoms with Gasteiger partial charge < -0.3 is 10.4 Å². The predicted molar refractivity (Wildman–Crippen MR) is 58.5 cm³/mol. The molecule has 0 aliphatic rings. The van der Waals surface area contributed by atoms with Crippen LogP contribution in [0.25, 0.3) is 0 Å². The summed E-state index contributed by atoms with van der Waals surface area (Å²) >= 11 is 0. The van der Waals surface area contributed by atoms with Gasteiger partial charge >= 0.3 is 5.97 Å². The lowest BCUT2D eigenvalue weighted by Crippen LogP contribution is -2.47. The fraction of sp³-hybridized carbons (Fsp3) is 0.636. The summed E-state index contributed by atoms with van der Waals surface area (Å²) in [4.78, 5) is 22.1. The summed E-state index contributed by atoms with van der Waals surface area (Å²) in [6.45, 7) is 10.6. The molecule has 0 aliphatic carbocycles. The van der Waals surface area contributed by atoms with E-state index < -0.39 is 11.5 Å². The molecule has 4 nitrogen and oxygen atoms in total. The second kappa shape index (κ2) is 4.96. The third-order valence-electron chi connectivity index (χ3n) is 2.19. The van der Waals surface area contributed by atoms with Gasteiger partial charge in [-0.15, -0.1) is 0 Å². The number of rotatable bonds is 5. The lowest BCUT2D eigenvalue weighted by atomic mass is 9.97. The van der Waals surface area contributed by atoms with Gasteiger partial charge in [-0.1, -0.05) is 12.2 Å². The van der Waals surface area contributed by atoms with Crippen molar-refractivity contribution in [1.82, 2.24) is 5.32 Å². The summed E-state index contributed by atoms with van der Waals surface area (Å²) in [5.74, 6) is -1.41. The molecule has 1 atom stereocenters. The van der Waals surface area contributed by atoms with Crippen LogP contribution in [-0.2, 0) is 9.59 Å². The Labute approximate surface area is 90.4 Å². The third-order valence-corrected chi connectivity index (χ3v) is 2.19. The quantitative estimate of drug-likeness (QED) is 0.681. The number of amides is 1. The summed E-state index contributed by atoms with van der Waals surface area (Å²) in [7, 11) is 0. The van der Waals surface area contributed by atoms with E-state index >= 15 is 0 Å². The van der Waals surface area contributed by atoms with Gasteiger partial charge in [-0.25, -0.2) is 0 Å². The monoisotopic (exact) mass is 213 g/mol. The van der Waals surface area contributed by atoms with Gasteiger partial charge in [-0.2, -0.15) is 0 Å². The maximum absolute atomic E-state index is 11.6. The van der Waals surface area contributed by atoms with E-state index in [4.69, 9.17) is 5.11 Å². The van der Waals surface area contributed by atoms with Crippen LogP contribution in [0, 0.1) is 5.92 Å². The van der Waals surface area contributed by atoms with Crippen LogP contribution in [0.15, 0.2) is 12.2 Å². The Morgan fingerprint density at radius 1 is 1.47 bits per heavy atom. The first-order valence-electron chi connectivity index (χ1n) is 4.85. The molecule has 0 saturated heterocycles. The number of carboxylic acids is 1. The normalized spacial score (nSPS) is 13.1. The van der Waals surface area contributed by atoms with Crippen LogP contribution in [0.5, 0.6) is 0 Å². The molecule has 0 spiro atoms. The second-order valence-electron chi connectivity index (χ2n) is 4.51. The van der Waals surface area contributed by atoms with Crippen LogP contribution in [0.4, 0.5) is 0 Å². The highest BCUT2D eigenvalue weighted by Crippen LogP contribution is 2.12. The predicted octanol–water partition coefficient (Wildman–Crippen LogP) is 1.57. The van der Waals surface area contributed by atoms with Gasteiger partial charge in [-0.05, 0) is 27.7 Å². The second-order valence-corrected chi connectivity index (χ2v) is 4.51. The Kier molecular flexibility index (Phi) is 4.52. The van der Waals surface area contributed by atoms with Crippen LogP contribution in [0.3, 0.4) is 0 Å². The molecule has 0 aromatic rings. The molecule has 0 aromatic heterocycles. The largest absolute Gasteiger partial charge is 0.481 e. The molecule has 0 aromatic carbocycles. The van der Waals surface area contributed by atoms with Crippen LogP contribution >= 0.6 is 0 Å². The SMILES string of the molecule is C=C(C)C(C)C(=O)NC(C)(C)CC(=O)O. The Hall–Kier alpha value is -1.32. The molecule has 2 N–H and O–H groups in total. The van der Waals surface area contributed by atoms with Crippen molar-refractivity contribution < 1.29 is 14.7 Å². The molecule has 0 fully saturated rings. The zero-order chi connectivity index (χ0) is 12.2. The number of hydrogen-bond acceptors (Lipinski definition) is 2. The van der Waals surface area contributed by atoms with Gasteiger partial charge in [0.05, 0.1) is 12.3 Å². The van der Waals surface area contributed by atoms with Crippen molar-refractivity contribution in [2.75, 3.05) is 0 Å². The third kappa shape index (κ3) is 5.20. The Morgan fingerprint density at radius 2 is 1.93 bits per heavy atom. The van der Waals surface area contributed by atoms with Crippen molar-refractivity contribution in [1.29, 1.82) is 0 Å². The number of carbonyl (C=O) groups is 2. The molecule has 4 heteroatoms. The standard InChI is InChI=1S/C11H19NO3/c1-7(2)8(3)10(15)12-11(4,5)6-9(13)14/h8H,1,6H2,2-5H3,(H,12,15)(H,13,14). The first-order valence-corrected chi connectivity index (χ1v) is 4.85. The highest BCUT2D eigenvalue weighted by Gasteiger charge is 2.26. The lowest BCUT2D eigenvalue weighted by Gasteiger charge is -2.26. The summed E-state index contributed by atoms with van der Waals surface area (Å²) in [5, 5.41) is 11.3. The zero-order valence-electron chi connectivity index (χ0n) is 9.76. The van der Waals surface area contributed by atoms with E-state index in [0.717, 1.165) is 5.57 Å². The van der Waals surface area contributed by atoms with Crippen molar-refractivity contribution in [3.05, 3.63) is 12.2 Å². The van der Waals surface area contributed by atoms with Crippen molar-refractivity contribution in [2.45, 2.75) is 39.7 Å². The molecule has 0 heterocycles. The summed E-state index contributed by atoms with van der Waals surface area (Å²) < 4.78 is 0. The Morgan fingerprint density at radius 3 is 2.27 bits per heavy atom. The van der Waals surface area contributed by atoms with Gasteiger partial charge in [-0.3, -0.25) is 9.59 Å². The highest BCUT2D eigenvalue weighted by molar-refractivity contribution is 5.82. The van der Waals surface area contributed by atoms with Crippen molar-refractivity contribution >= 4 is 11.9 Å². The topological polar surface area (TPSA) is 66.4 Å². The highest BCUT2D eigenvalue weighted by atomic mass is 16.4. The average Bonchev–Trinajstić information content (AvgIpc) is 1.98. The Balaban J connectivity index is 4.39. The average molecular weight is 213 g/mol. The van der Waals surface area contributed by atoms with E-state index in [0.29, 0.717) is 0 Å². The first kappa shape index (κ1) is 13.7. The van der Waals surface area contributed by atoms with Gasteiger partial charge in [0.15, 0.2) is 0 Å². The minimum absolute atomic E-state index is 0.0956. The number of nitrogens with one attached hydrogen (secondary N) is 1. The number of hydrogen-bond donors (Lipinski definition) is 2. The number of aliphatic carboxylic acids is 1. The molecule has 1 amide bonds. The van der Waals surface area contributed by atoms with E-state index in [1.165, 1.54) is 0 Å². The van der Waals surface area contributed by atoms with Crippen molar-refractivity contribution in [2.24, 2.45) is 5.92 Å². The van der Waals surface area contributed by atoms with Gasteiger partial charge in [0.2, 0.25) is 5.91 Å². The fourth-order valence-electron chi connectivity index (χ4n) is 1.09. The maximum Gasteiger partial charge on any atom is 0.305 e. The van der Waals surface area contributed by atoms with E-state index in [9.17, 15) is 9.59 Å². The molecular weight excluding hydrogens is 194 g/mol. The van der Waals surface area contributed by atoms with Gasteiger partial charge in [0, 0.05) is 5.54 Å². The zero-order valence-corrected chi connectivity index (χ0v) is 9.76. The number of carboxylic acid groups (broad SMARTS) is 1. The van der Waals surface area contributed by atoms with Gasteiger partial charge in [0.25, 0.3) is 0 Å². The molecule has 15 heavy (non-hydrogen) atoms. The molecule has 0 rings (SSSR count). The molecule has 86 valence electrons. The van der Waals surface area contributed by atoms with Crippen LogP contribution in [0.2, 0.25) is 0 Å². The van der Waals surface area contributed by atoms with Crippen molar-refractivity contribution in [3.8, 4) is 0 Å². The smallest absolute Gasteiger partial charge is 0.305 e.